The topological polar surface area (TPSA) is 90.3 Å². The van der Waals surface area contributed by atoms with E-state index in [0.29, 0.717) is 10.7 Å². The molecule has 3 aromatic rings. The third-order valence-corrected chi connectivity index (χ3v) is 5.30. The van der Waals surface area contributed by atoms with E-state index in [1.54, 1.807) is 31.2 Å². The van der Waals surface area contributed by atoms with Crippen LogP contribution in [0.25, 0.3) is 5.69 Å². The first kappa shape index (κ1) is 19.8. The number of carbonyl (C=O) groups excluding carboxylic acids is 1. The largest absolute Gasteiger partial charge is 0.462 e. The Bertz CT molecular complexity index is 1100. The Labute approximate surface area is 165 Å². The van der Waals surface area contributed by atoms with Crippen molar-refractivity contribution >= 4 is 33.4 Å². The van der Waals surface area contributed by atoms with Crippen LogP contribution in [0.2, 0.25) is 5.02 Å². The Kier molecular flexibility index (Phi) is 5.66. The van der Waals surface area contributed by atoms with Crippen LogP contribution in [-0.2, 0) is 14.8 Å². The van der Waals surface area contributed by atoms with E-state index in [-0.39, 0.29) is 22.9 Å². The van der Waals surface area contributed by atoms with Crippen molar-refractivity contribution in [3.05, 3.63) is 71.1 Å². The van der Waals surface area contributed by atoms with E-state index in [0.717, 1.165) is 24.3 Å². The van der Waals surface area contributed by atoms with E-state index in [1.807, 2.05) is 0 Å². The van der Waals surface area contributed by atoms with E-state index in [4.69, 9.17) is 16.3 Å². The number of aromatic nitrogens is 2. The third kappa shape index (κ3) is 4.15. The van der Waals surface area contributed by atoms with Gasteiger partial charge in [0.05, 0.1) is 23.4 Å². The van der Waals surface area contributed by atoms with Crippen molar-refractivity contribution in [3.8, 4) is 5.69 Å². The maximum atomic E-state index is 13.1. The van der Waals surface area contributed by atoms with Gasteiger partial charge in [-0.2, -0.15) is 5.10 Å². The highest BCUT2D eigenvalue weighted by Crippen LogP contribution is 2.25. The number of hydrogen-bond donors (Lipinski definition) is 1. The molecular formula is C18H15ClFN3O4S. The quantitative estimate of drug-likeness (QED) is 0.611. The second-order valence-electron chi connectivity index (χ2n) is 5.57. The first-order valence-electron chi connectivity index (χ1n) is 8.11. The van der Waals surface area contributed by atoms with Gasteiger partial charge in [0.15, 0.2) is 5.82 Å². The van der Waals surface area contributed by atoms with E-state index >= 15 is 0 Å². The van der Waals surface area contributed by atoms with Crippen molar-refractivity contribution in [1.82, 2.24) is 9.78 Å². The molecule has 0 spiro atoms. The minimum Gasteiger partial charge on any atom is -0.462 e. The average Bonchev–Trinajstić information content (AvgIpc) is 3.06. The molecule has 1 heterocycles. The Morgan fingerprint density at radius 3 is 2.43 bits per heavy atom. The fourth-order valence-electron chi connectivity index (χ4n) is 2.38. The molecule has 10 heteroatoms. The second kappa shape index (κ2) is 7.99. The predicted molar refractivity (Wildman–Crippen MR) is 102 cm³/mol. The number of anilines is 1. The van der Waals surface area contributed by atoms with Gasteiger partial charge in [-0.1, -0.05) is 11.6 Å². The monoisotopic (exact) mass is 423 g/mol. The fraction of sp³-hybridized carbons (Fsp3) is 0.111. The molecule has 0 amide bonds. The minimum atomic E-state index is -4.12. The van der Waals surface area contributed by atoms with Gasteiger partial charge in [-0.25, -0.2) is 22.3 Å². The molecule has 7 nitrogen and oxygen atoms in total. The number of nitrogens with one attached hydrogen (secondary N) is 1. The molecule has 0 aliphatic rings. The van der Waals surface area contributed by atoms with Gasteiger partial charge in [0.2, 0.25) is 0 Å². The van der Waals surface area contributed by atoms with Crippen molar-refractivity contribution in [2.24, 2.45) is 0 Å². The summed E-state index contributed by atoms with van der Waals surface area (Å²) < 4.78 is 47.1. The van der Waals surface area contributed by atoms with Gasteiger partial charge in [0.1, 0.15) is 11.4 Å². The SMILES string of the molecule is CCOC(=O)c1cnn(-c2ccc(Cl)cc2)c1NS(=O)(=O)c1ccc(F)cc1. The number of sulfonamides is 1. The molecule has 0 bridgehead atoms. The molecule has 0 radical (unpaired) electrons. The molecular weight excluding hydrogens is 409 g/mol. The Hall–Kier alpha value is -2.91. The summed E-state index contributed by atoms with van der Waals surface area (Å²) in [6, 6.07) is 10.7. The number of nitrogens with zero attached hydrogens (tertiary/aromatic N) is 2. The lowest BCUT2D eigenvalue weighted by molar-refractivity contribution is 0.0527. The van der Waals surface area contributed by atoms with Crippen molar-refractivity contribution in [2.45, 2.75) is 11.8 Å². The van der Waals surface area contributed by atoms with Crippen molar-refractivity contribution in [3.63, 3.8) is 0 Å². The van der Waals surface area contributed by atoms with E-state index in [2.05, 4.69) is 9.82 Å². The summed E-state index contributed by atoms with van der Waals surface area (Å²) >= 11 is 5.89. The molecule has 0 aliphatic carbocycles. The van der Waals surface area contributed by atoms with Gasteiger partial charge >= 0.3 is 5.97 Å². The molecule has 28 heavy (non-hydrogen) atoms. The van der Waals surface area contributed by atoms with Crippen molar-refractivity contribution in [2.75, 3.05) is 11.3 Å². The predicted octanol–water partition coefficient (Wildman–Crippen LogP) is 3.64. The molecule has 0 aliphatic heterocycles. The first-order chi connectivity index (χ1) is 13.3. The lowest BCUT2D eigenvalue weighted by Gasteiger charge is -2.12. The molecule has 2 aromatic carbocycles. The number of halogens is 2. The minimum absolute atomic E-state index is 0.0671. The van der Waals surface area contributed by atoms with Crippen LogP contribution >= 0.6 is 11.6 Å². The number of hydrogen-bond acceptors (Lipinski definition) is 5. The number of carbonyl (C=O) groups is 1. The first-order valence-corrected chi connectivity index (χ1v) is 9.97. The second-order valence-corrected chi connectivity index (χ2v) is 7.69. The van der Waals surface area contributed by atoms with Crippen LogP contribution in [0.3, 0.4) is 0 Å². The van der Waals surface area contributed by atoms with Crippen molar-refractivity contribution in [1.29, 1.82) is 0 Å². The van der Waals surface area contributed by atoms with Gasteiger partial charge in [0.25, 0.3) is 10.0 Å². The molecule has 3 rings (SSSR count). The summed E-state index contributed by atoms with van der Waals surface area (Å²) in [4.78, 5) is 12.1. The van der Waals surface area contributed by atoms with Gasteiger partial charge < -0.3 is 4.74 Å². The van der Waals surface area contributed by atoms with Crippen LogP contribution in [0, 0.1) is 5.82 Å². The third-order valence-electron chi connectivity index (χ3n) is 3.69. The lowest BCUT2D eigenvalue weighted by atomic mass is 10.3. The Morgan fingerprint density at radius 2 is 1.82 bits per heavy atom. The number of benzene rings is 2. The molecule has 0 unspecified atom stereocenters. The number of rotatable bonds is 6. The van der Waals surface area contributed by atoms with E-state index in [9.17, 15) is 17.6 Å². The van der Waals surface area contributed by atoms with Crippen LogP contribution in [-0.4, -0.2) is 30.8 Å². The average molecular weight is 424 g/mol. The summed E-state index contributed by atoms with van der Waals surface area (Å²) in [6.07, 6.45) is 1.20. The summed E-state index contributed by atoms with van der Waals surface area (Å²) in [5.41, 5.74) is 0.402. The highest BCUT2D eigenvalue weighted by atomic mass is 35.5. The summed E-state index contributed by atoms with van der Waals surface area (Å²) in [7, 11) is -4.12. The zero-order valence-corrected chi connectivity index (χ0v) is 16.2. The van der Waals surface area contributed by atoms with Gasteiger partial charge in [-0.3, -0.25) is 4.72 Å². The van der Waals surface area contributed by atoms with Crippen LogP contribution < -0.4 is 4.72 Å². The molecule has 0 saturated heterocycles. The smallest absolute Gasteiger partial charge is 0.343 e. The van der Waals surface area contributed by atoms with Gasteiger partial charge in [-0.05, 0) is 55.5 Å². The fourth-order valence-corrected chi connectivity index (χ4v) is 3.57. The molecule has 0 atom stereocenters. The summed E-state index contributed by atoms with van der Waals surface area (Å²) in [5.74, 6) is -1.41. The summed E-state index contributed by atoms with van der Waals surface area (Å²) in [5, 5.41) is 4.58. The van der Waals surface area contributed by atoms with Crippen molar-refractivity contribution < 1.29 is 22.3 Å². The number of ether oxygens (including phenoxy) is 1. The standard InChI is InChI=1S/C18H15ClFN3O4S/c1-2-27-18(24)16-11-21-23(14-7-3-12(19)4-8-14)17(16)22-28(25,26)15-9-5-13(20)6-10-15/h3-11,22H,2H2,1H3. The highest BCUT2D eigenvalue weighted by molar-refractivity contribution is 7.92. The summed E-state index contributed by atoms with van der Waals surface area (Å²) in [6.45, 7) is 1.74. The Morgan fingerprint density at radius 1 is 1.18 bits per heavy atom. The van der Waals surface area contributed by atoms with Crippen LogP contribution in [0.4, 0.5) is 10.2 Å². The zero-order valence-electron chi connectivity index (χ0n) is 14.6. The molecule has 0 saturated carbocycles. The molecule has 1 N–H and O–H groups in total. The van der Waals surface area contributed by atoms with Gasteiger partial charge in [-0.15, -0.1) is 0 Å². The van der Waals surface area contributed by atoms with Crippen LogP contribution in [0.1, 0.15) is 17.3 Å². The van der Waals surface area contributed by atoms with Crippen LogP contribution in [0.5, 0.6) is 0 Å². The van der Waals surface area contributed by atoms with Gasteiger partial charge in [0, 0.05) is 5.02 Å². The Balaban J connectivity index is 2.08. The maximum Gasteiger partial charge on any atom is 0.343 e. The highest BCUT2D eigenvalue weighted by Gasteiger charge is 2.25. The number of esters is 1. The van der Waals surface area contributed by atoms with Crippen LogP contribution in [0.15, 0.2) is 59.6 Å². The normalized spacial score (nSPS) is 11.2. The van der Waals surface area contributed by atoms with E-state index < -0.39 is 21.8 Å². The maximum absolute atomic E-state index is 13.1. The molecule has 146 valence electrons. The van der Waals surface area contributed by atoms with E-state index in [1.165, 1.54) is 10.9 Å². The lowest BCUT2D eigenvalue weighted by Crippen LogP contribution is -2.18. The molecule has 1 aromatic heterocycles. The zero-order chi connectivity index (χ0) is 20.3. The molecule has 0 fully saturated rings.